The lowest BCUT2D eigenvalue weighted by Crippen LogP contribution is -2.47. The second kappa shape index (κ2) is 15.7. The summed E-state index contributed by atoms with van der Waals surface area (Å²) in [5.41, 5.74) is 0.394. The first-order valence-corrected chi connectivity index (χ1v) is 14.6. The Bertz CT molecular complexity index is 1050. The number of ether oxygens (including phenoxy) is 2. The first-order valence-electron chi connectivity index (χ1n) is 13.4. The molecule has 3 atom stereocenters. The zero-order valence-electron chi connectivity index (χ0n) is 23.3. The highest BCUT2D eigenvalue weighted by atomic mass is 32.2. The van der Waals surface area contributed by atoms with Gasteiger partial charge in [-0.2, -0.15) is 11.8 Å². The number of fused-ring (bicyclic) bond motifs is 1. The SMILES string of the molecule is CCCC[C@H](NC(=O)[C@@H](CSCC(O)COC(=O)CC)Cc1cccc2ccccc12)C(=O)OC(C)(C)C. The molecule has 0 saturated heterocycles. The fraction of sp³-hybridized carbons (Fsp3) is 0.567. The van der Waals surface area contributed by atoms with E-state index in [1.165, 1.54) is 11.8 Å². The molecule has 7 nitrogen and oxygen atoms in total. The molecule has 0 aromatic heterocycles. The summed E-state index contributed by atoms with van der Waals surface area (Å²) in [4.78, 5) is 37.9. The summed E-state index contributed by atoms with van der Waals surface area (Å²) in [5.74, 6) is -0.691. The van der Waals surface area contributed by atoms with Gasteiger partial charge in [-0.3, -0.25) is 9.59 Å². The van der Waals surface area contributed by atoms with Crippen LogP contribution in [0.15, 0.2) is 42.5 Å². The number of nitrogens with one attached hydrogen (secondary N) is 1. The van der Waals surface area contributed by atoms with Crippen LogP contribution < -0.4 is 5.32 Å². The van der Waals surface area contributed by atoms with E-state index in [2.05, 4.69) is 5.32 Å². The number of carbonyl (C=O) groups excluding carboxylic acids is 3. The minimum atomic E-state index is -0.823. The van der Waals surface area contributed by atoms with Gasteiger partial charge in [0, 0.05) is 17.9 Å². The number of rotatable bonds is 15. The number of esters is 2. The maximum absolute atomic E-state index is 13.6. The molecule has 0 saturated carbocycles. The van der Waals surface area contributed by atoms with E-state index in [9.17, 15) is 19.5 Å². The molecule has 0 aliphatic carbocycles. The number of unbranched alkanes of at least 4 members (excludes halogenated alkanes) is 1. The highest BCUT2D eigenvalue weighted by Gasteiger charge is 2.29. The monoisotopic (exact) mass is 545 g/mol. The molecule has 0 aliphatic rings. The highest BCUT2D eigenvalue weighted by molar-refractivity contribution is 7.99. The predicted molar refractivity (Wildman–Crippen MR) is 153 cm³/mol. The summed E-state index contributed by atoms with van der Waals surface area (Å²) < 4.78 is 10.6. The summed E-state index contributed by atoms with van der Waals surface area (Å²) in [6.07, 6.45) is 2.10. The van der Waals surface area contributed by atoms with Crippen molar-refractivity contribution in [3.8, 4) is 0 Å². The average Bonchev–Trinajstić information content (AvgIpc) is 2.87. The van der Waals surface area contributed by atoms with Gasteiger partial charge in [-0.25, -0.2) is 4.79 Å². The van der Waals surface area contributed by atoms with E-state index in [1.807, 2.05) is 70.2 Å². The number of aliphatic hydroxyl groups is 1. The molecule has 210 valence electrons. The highest BCUT2D eigenvalue weighted by Crippen LogP contribution is 2.24. The molecule has 0 heterocycles. The summed E-state index contributed by atoms with van der Waals surface area (Å²) in [5, 5.41) is 15.4. The molecular formula is C30H43NO6S. The van der Waals surface area contributed by atoms with Crippen LogP contribution in [0.3, 0.4) is 0 Å². The first kappa shape index (κ1) is 31.6. The normalized spacial score (nSPS) is 13.9. The number of aliphatic hydroxyl groups excluding tert-OH is 1. The summed E-state index contributed by atoms with van der Waals surface area (Å²) in [6.45, 7) is 9.10. The van der Waals surface area contributed by atoms with Crippen molar-refractivity contribution in [2.75, 3.05) is 18.1 Å². The van der Waals surface area contributed by atoms with Crippen molar-refractivity contribution >= 4 is 40.4 Å². The van der Waals surface area contributed by atoms with Gasteiger partial charge in [-0.05, 0) is 49.9 Å². The van der Waals surface area contributed by atoms with E-state index in [0.29, 0.717) is 24.3 Å². The Labute approximate surface area is 231 Å². The van der Waals surface area contributed by atoms with E-state index >= 15 is 0 Å². The maximum Gasteiger partial charge on any atom is 0.329 e. The molecule has 38 heavy (non-hydrogen) atoms. The smallest absolute Gasteiger partial charge is 0.329 e. The largest absolute Gasteiger partial charge is 0.463 e. The molecule has 0 fully saturated rings. The van der Waals surface area contributed by atoms with Crippen molar-refractivity contribution in [2.45, 2.75) is 84.5 Å². The molecule has 0 spiro atoms. The van der Waals surface area contributed by atoms with Crippen LogP contribution >= 0.6 is 11.8 Å². The number of amides is 1. The van der Waals surface area contributed by atoms with Gasteiger partial charge in [0.1, 0.15) is 18.2 Å². The molecule has 1 unspecified atom stereocenters. The third-order valence-electron chi connectivity index (χ3n) is 5.93. The Morgan fingerprint density at radius 2 is 1.74 bits per heavy atom. The molecule has 0 radical (unpaired) electrons. The lowest BCUT2D eigenvalue weighted by Gasteiger charge is -2.26. The number of thioether (sulfide) groups is 1. The van der Waals surface area contributed by atoms with Crippen LogP contribution in [0.25, 0.3) is 10.8 Å². The van der Waals surface area contributed by atoms with Gasteiger partial charge in [0.05, 0.1) is 12.0 Å². The number of hydrogen-bond donors (Lipinski definition) is 2. The van der Waals surface area contributed by atoms with E-state index in [0.717, 1.165) is 29.2 Å². The predicted octanol–water partition coefficient (Wildman–Crippen LogP) is 5.06. The van der Waals surface area contributed by atoms with Crippen LogP contribution in [0.5, 0.6) is 0 Å². The average molecular weight is 546 g/mol. The Balaban J connectivity index is 2.18. The third kappa shape index (κ3) is 11.0. The van der Waals surface area contributed by atoms with Gasteiger partial charge in [-0.1, -0.05) is 69.2 Å². The zero-order chi connectivity index (χ0) is 28.1. The zero-order valence-corrected chi connectivity index (χ0v) is 24.1. The van der Waals surface area contributed by atoms with Crippen molar-refractivity contribution in [1.82, 2.24) is 5.32 Å². The Morgan fingerprint density at radius 3 is 2.42 bits per heavy atom. The lowest BCUT2D eigenvalue weighted by molar-refractivity contribution is -0.159. The number of benzene rings is 2. The van der Waals surface area contributed by atoms with E-state index in [4.69, 9.17) is 9.47 Å². The third-order valence-corrected chi connectivity index (χ3v) is 7.18. The fourth-order valence-electron chi connectivity index (χ4n) is 3.97. The minimum Gasteiger partial charge on any atom is -0.463 e. The van der Waals surface area contributed by atoms with Gasteiger partial charge in [-0.15, -0.1) is 0 Å². The van der Waals surface area contributed by atoms with Crippen molar-refractivity contribution in [3.63, 3.8) is 0 Å². The molecule has 2 aromatic carbocycles. The van der Waals surface area contributed by atoms with Crippen molar-refractivity contribution in [2.24, 2.45) is 5.92 Å². The van der Waals surface area contributed by atoms with E-state index < -0.39 is 29.6 Å². The van der Waals surface area contributed by atoms with Crippen molar-refractivity contribution in [1.29, 1.82) is 0 Å². The van der Waals surface area contributed by atoms with Crippen LogP contribution in [0, 0.1) is 5.92 Å². The summed E-state index contributed by atoms with van der Waals surface area (Å²) in [7, 11) is 0. The lowest BCUT2D eigenvalue weighted by atomic mass is 9.95. The van der Waals surface area contributed by atoms with E-state index in [1.54, 1.807) is 6.92 Å². The van der Waals surface area contributed by atoms with Crippen LogP contribution in [0.1, 0.15) is 65.9 Å². The second-order valence-electron chi connectivity index (χ2n) is 10.5. The Hall–Kier alpha value is -2.58. The fourth-order valence-corrected chi connectivity index (χ4v) is 5.03. The first-order chi connectivity index (χ1) is 18.0. The minimum absolute atomic E-state index is 0.0718. The summed E-state index contributed by atoms with van der Waals surface area (Å²) in [6, 6.07) is 13.4. The number of carbonyl (C=O) groups is 3. The van der Waals surface area contributed by atoms with Gasteiger partial charge >= 0.3 is 11.9 Å². The topological polar surface area (TPSA) is 102 Å². The van der Waals surface area contributed by atoms with Gasteiger partial charge in [0.15, 0.2) is 0 Å². The van der Waals surface area contributed by atoms with Crippen molar-refractivity contribution < 1.29 is 29.0 Å². The molecular weight excluding hydrogens is 502 g/mol. The standard InChI is InChI=1S/C30H43NO6S/c1-6-8-16-26(29(35)37-30(3,4)5)31-28(34)23(19-38-20-24(32)18-36-27(33)7-2)17-22-14-11-13-21-12-9-10-15-25(21)22/h9-15,23-24,26,32H,6-8,16-20H2,1-5H3,(H,31,34)/t23-,24?,26+/m1/s1. The molecule has 2 aromatic rings. The van der Waals surface area contributed by atoms with Crippen LogP contribution in [0.4, 0.5) is 0 Å². The molecule has 2 N–H and O–H groups in total. The second-order valence-corrected chi connectivity index (χ2v) is 11.6. The van der Waals surface area contributed by atoms with Gasteiger partial charge < -0.3 is 19.9 Å². The molecule has 8 heteroatoms. The maximum atomic E-state index is 13.6. The molecule has 1 amide bonds. The molecule has 2 rings (SSSR count). The van der Waals surface area contributed by atoms with Crippen LogP contribution in [-0.2, 0) is 30.3 Å². The molecule has 0 aliphatic heterocycles. The number of hydrogen-bond acceptors (Lipinski definition) is 7. The van der Waals surface area contributed by atoms with Crippen LogP contribution in [0.2, 0.25) is 0 Å². The van der Waals surface area contributed by atoms with Gasteiger partial charge in [0.25, 0.3) is 0 Å². The quantitative estimate of drug-likeness (QED) is 0.302. The Kier molecular flexibility index (Phi) is 13.1. The van der Waals surface area contributed by atoms with Crippen molar-refractivity contribution in [3.05, 3.63) is 48.0 Å². The van der Waals surface area contributed by atoms with E-state index in [-0.39, 0.29) is 24.9 Å². The van der Waals surface area contributed by atoms with Crippen LogP contribution in [-0.4, -0.2) is 58.8 Å². The summed E-state index contributed by atoms with van der Waals surface area (Å²) >= 11 is 1.43. The molecule has 0 bridgehead atoms. The Morgan fingerprint density at radius 1 is 1.03 bits per heavy atom. The van der Waals surface area contributed by atoms with Gasteiger partial charge in [0.2, 0.25) is 5.91 Å².